The molecule has 1 heterocycles. The second-order valence-electron chi connectivity index (χ2n) is 5.82. The Labute approximate surface area is 109 Å². The average Bonchev–Trinajstić information content (AvgIpc) is 2.82. The summed E-state index contributed by atoms with van der Waals surface area (Å²) in [6.07, 6.45) is 1.53. The van der Waals surface area contributed by atoms with E-state index >= 15 is 0 Å². The SMILES string of the molecule is CC(C)(C)c1ccc(NC(=O)[C@H]2CCCO2)cc1. The number of benzene rings is 1. The smallest absolute Gasteiger partial charge is 0.253 e. The normalized spacial score (nSPS) is 19.8. The Balaban J connectivity index is 2.00. The molecule has 1 amide bonds. The Morgan fingerprint density at radius 1 is 1.28 bits per heavy atom. The number of ether oxygens (including phenoxy) is 1. The lowest BCUT2D eigenvalue weighted by Crippen LogP contribution is -2.26. The molecule has 1 aliphatic rings. The van der Waals surface area contributed by atoms with Crippen LogP contribution in [0, 0.1) is 0 Å². The molecule has 1 fully saturated rings. The van der Waals surface area contributed by atoms with E-state index in [4.69, 9.17) is 4.74 Å². The maximum absolute atomic E-state index is 11.9. The Morgan fingerprint density at radius 3 is 2.44 bits per heavy atom. The minimum Gasteiger partial charge on any atom is -0.368 e. The molecule has 3 nitrogen and oxygen atoms in total. The van der Waals surface area contributed by atoms with Gasteiger partial charge in [-0.1, -0.05) is 32.9 Å². The van der Waals surface area contributed by atoms with E-state index in [-0.39, 0.29) is 17.4 Å². The van der Waals surface area contributed by atoms with Crippen molar-refractivity contribution >= 4 is 11.6 Å². The van der Waals surface area contributed by atoms with Crippen molar-refractivity contribution < 1.29 is 9.53 Å². The van der Waals surface area contributed by atoms with E-state index in [2.05, 4.69) is 38.2 Å². The van der Waals surface area contributed by atoms with Crippen molar-refractivity contribution in [1.82, 2.24) is 0 Å². The van der Waals surface area contributed by atoms with Crippen molar-refractivity contribution in [3.05, 3.63) is 29.8 Å². The number of carbonyl (C=O) groups is 1. The largest absolute Gasteiger partial charge is 0.368 e. The highest BCUT2D eigenvalue weighted by Gasteiger charge is 2.23. The Morgan fingerprint density at radius 2 is 1.94 bits per heavy atom. The van der Waals surface area contributed by atoms with Gasteiger partial charge in [-0.05, 0) is 36.0 Å². The van der Waals surface area contributed by atoms with Crippen LogP contribution in [0.25, 0.3) is 0 Å². The summed E-state index contributed by atoms with van der Waals surface area (Å²) in [5.41, 5.74) is 2.23. The van der Waals surface area contributed by atoms with Crippen molar-refractivity contribution in [2.75, 3.05) is 11.9 Å². The summed E-state index contributed by atoms with van der Waals surface area (Å²) >= 11 is 0. The monoisotopic (exact) mass is 247 g/mol. The fourth-order valence-corrected chi connectivity index (χ4v) is 2.06. The molecular weight excluding hydrogens is 226 g/mol. The van der Waals surface area contributed by atoms with Gasteiger partial charge in [-0.15, -0.1) is 0 Å². The highest BCUT2D eigenvalue weighted by Crippen LogP contribution is 2.23. The van der Waals surface area contributed by atoms with Gasteiger partial charge in [-0.2, -0.15) is 0 Å². The van der Waals surface area contributed by atoms with E-state index in [0.29, 0.717) is 6.61 Å². The molecule has 3 heteroatoms. The first-order valence-electron chi connectivity index (χ1n) is 6.50. The molecule has 18 heavy (non-hydrogen) atoms. The zero-order chi connectivity index (χ0) is 13.2. The number of rotatable bonds is 2. The molecule has 1 saturated heterocycles. The summed E-state index contributed by atoms with van der Waals surface area (Å²) in [7, 11) is 0. The van der Waals surface area contributed by atoms with Crippen LogP contribution in [-0.2, 0) is 14.9 Å². The zero-order valence-corrected chi connectivity index (χ0v) is 11.3. The molecule has 1 aliphatic heterocycles. The van der Waals surface area contributed by atoms with Crippen LogP contribution in [0.15, 0.2) is 24.3 Å². The number of anilines is 1. The first kappa shape index (κ1) is 13.1. The summed E-state index contributed by atoms with van der Waals surface area (Å²) in [5.74, 6) is -0.0315. The van der Waals surface area contributed by atoms with Crippen LogP contribution in [-0.4, -0.2) is 18.6 Å². The van der Waals surface area contributed by atoms with E-state index in [1.807, 2.05) is 12.1 Å². The molecule has 0 radical (unpaired) electrons. The Hall–Kier alpha value is -1.35. The molecule has 0 spiro atoms. The molecule has 0 unspecified atom stereocenters. The van der Waals surface area contributed by atoms with Crippen LogP contribution in [0.5, 0.6) is 0 Å². The van der Waals surface area contributed by atoms with Gasteiger partial charge in [0.05, 0.1) is 0 Å². The molecule has 0 aromatic heterocycles. The van der Waals surface area contributed by atoms with E-state index < -0.39 is 0 Å². The number of carbonyl (C=O) groups excluding carboxylic acids is 1. The van der Waals surface area contributed by atoms with Crippen LogP contribution >= 0.6 is 0 Å². The highest BCUT2D eigenvalue weighted by molar-refractivity contribution is 5.94. The second-order valence-corrected chi connectivity index (χ2v) is 5.82. The number of nitrogens with one attached hydrogen (secondary N) is 1. The van der Waals surface area contributed by atoms with Crippen molar-refractivity contribution in [2.24, 2.45) is 0 Å². The van der Waals surface area contributed by atoms with Crippen LogP contribution < -0.4 is 5.32 Å². The summed E-state index contributed by atoms with van der Waals surface area (Å²) < 4.78 is 5.35. The van der Waals surface area contributed by atoms with Crippen molar-refractivity contribution in [2.45, 2.75) is 45.1 Å². The molecule has 2 rings (SSSR count). The molecule has 1 N–H and O–H groups in total. The lowest BCUT2D eigenvalue weighted by atomic mass is 9.87. The first-order chi connectivity index (χ1) is 8.47. The highest BCUT2D eigenvalue weighted by atomic mass is 16.5. The predicted molar refractivity (Wildman–Crippen MR) is 72.7 cm³/mol. The van der Waals surface area contributed by atoms with E-state index in [0.717, 1.165) is 18.5 Å². The van der Waals surface area contributed by atoms with Crippen LogP contribution in [0.1, 0.15) is 39.2 Å². The quantitative estimate of drug-likeness (QED) is 0.872. The summed E-state index contributed by atoms with van der Waals surface area (Å²) in [5, 5.41) is 2.90. The van der Waals surface area contributed by atoms with Gasteiger partial charge >= 0.3 is 0 Å². The molecule has 1 aromatic carbocycles. The van der Waals surface area contributed by atoms with Crippen LogP contribution in [0.3, 0.4) is 0 Å². The van der Waals surface area contributed by atoms with Crippen molar-refractivity contribution in [1.29, 1.82) is 0 Å². The molecule has 98 valence electrons. The topological polar surface area (TPSA) is 38.3 Å². The maximum atomic E-state index is 11.9. The third kappa shape index (κ3) is 3.10. The van der Waals surface area contributed by atoms with Gasteiger partial charge in [-0.3, -0.25) is 4.79 Å². The van der Waals surface area contributed by atoms with Crippen molar-refractivity contribution in [3.8, 4) is 0 Å². The molecule has 0 aliphatic carbocycles. The van der Waals surface area contributed by atoms with Crippen molar-refractivity contribution in [3.63, 3.8) is 0 Å². The van der Waals surface area contributed by atoms with Gasteiger partial charge < -0.3 is 10.1 Å². The standard InChI is InChI=1S/C15H21NO2/c1-15(2,3)11-6-8-12(9-7-11)16-14(17)13-5-4-10-18-13/h6-9,13H,4-5,10H2,1-3H3,(H,16,17)/t13-/m1/s1. The molecule has 0 bridgehead atoms. The number of amides is 1. The minimum absolute atomic E-state index is 0.0315. The van der Waals surface area contributed by atoms with Gasteiger partial charge in [0.1, 0.15) is 6.10 Å². The van der Waals surface area contributed by atoms with Crippen LogP contribution in [0.2, 0.25) is 0 Å². The number of hydrogen-bond acceptors (Lipinski definition) is 2. The lowest BCUT2D eigenvalue weighted by molar-refractivity contribution is -0.124. The zero-order valence-electron chi connectivity index (χ0n) is 11.3. The summed E-state index contributed by atoms with van der Waals surface area (Å²) in [6, 6.07) is 8.02. The third-order valence-electron chi connectivity index (χ3n) is 3.24. The third-order valence-corrected chi connectivity index (χ3v) is 3.24. The molecular formula is C15H21NO2. The predicted octanol–water partition coefficient (Wildman–Crippen LogP) is 3.10. The number of hydrogen-bond donors (Lipinski definition) is 1. The van der Waals surface area contributed by atoms with E-state index in [9.17, 15) is 4.79 Å². The lowest BCUT2D eigenvalue weighted by Gasteiger charge is -2.19. The van der Waals surface area contributed by atoms with Gasteiger partial charge in [-0.25, -0.2) is 0 Å². The molecule has 0 saturated carbocycles. The first-order valence-corrected chi connectivity index (χ1v) is 6.50. The second kappa shape index (κ2) is 5.11. The Kier molecular flexibility index (Phi) is 3.71. The van der Waals surface area contributed by atoms with E-state index in [1.54, 1.807) is 0 Å². The van der Waals surface area contributed by atoms with Gasteiger partial charge in [0.25, 0.3) is 5.91 Å². The van der Waals surface area contributed by atoms with Gasteiger partial charge in [0, 0.05) is 12.3 Å². The fraction of sp³-hybridized carbons (Fsp3) is 0.533. The van der Waals surface area contributed by atoms with Gasteiger partial charge in [0.2, 0.25) is 0 Å². The fourth-order valence-electron chi connectivity index (χ4n) is 2.06. The van der Waals surface area contributed by atoms with E-state index in [1.165, 1.54) is 5.56 Å². The minimum atomic E-state index is -0.271. The molecule has 1 atom stereocenters. The summed E-state index contributed by atoms with van der Waals surface area (Å²) in [4.78, 5) is 11.9. The summed E-state index contributed by atoms with van der Waals surface area (Å²) in [6.45, 7) is 7.22. The van der Waals surface area contributed by atoms with Gasteiger partial charge in [0.15, 0.2) is 0 Å². The maximum Gasteiger partial charge on any atom is 0.253 e. The average molecular weight is 247 g/mol. The van der Waals surface area contributed by atoms with Crippen LogP contribution in [0.4, 0.5) is 5.69 Å². The Bertz CT molecular complexity index is 411. The molecule has 1 aromatic rings.